The third kappa shape index (κ3) is 3.54. The molecule has 0 fully saturated rings. The summed E-state index contributed by atoms with van der Waals surface area (Å²) in [4.78, 5) is 20.7. The van der Waals surface area contributed by atoms with Crippen LogP contribution in [0, 0.1) is 0 Å². The number of oxime groups is 1. The largest absolute Gasteiger partial charge is 0.411 e. The van der Waals surface area contributed by atoms with Crippen molar-refractivity contribution in [1.82, 2.24) is 0 Å². The van der Waals surface area contributed by atoms with Crippen molar-refractivity contribution in [1.29, 1.82) is 0 Å². The van der Waals surface area contributed by atoms with Gasteiger partial charge in [-0.05, 0) is 12.2 Å². The van der Waals surface area contributed by atoms with Gasteiger partial charge in [0.15, 0.2) is 5.78 Å². The number of carbonyl (C=O) groups is 2. The maximum Gasteiger partial charge on any atom is 0.221 e. The summed E-state index contributed by atoms with van der Waals surface area (Å²) in [6.45, 7) is 1.17. The molecule has 0 aliphatic heterocycles. The number of hydrogen-bond acceptors (Lipinski definition) is 4. The molecule has 1 N–H and O–H groups in total. The fourth-order valence-electron chi connectivity index (χ4n) is 0.286. The highest BCUT2D eigenvalue weighted by molar-refractivity contribution is 6.41. The van der Waals surface area contributed by atoms with Gasteiger partial charge in [-0.25, -0.2) is 0 Å². The second-order valence-electron chi connectivity index (χ2n) is 1.54. The highest BCUT2D eigenvalue weighted by Crippen LogP contribution is 1.77. The zero-order valence-electron chi connectivity index (χ0n) is 5.44. The molecule has 0 aliphatic carbocycles. The summed E-state index contributed by atoms with van der Waals surface area (Å²) in [6.07, 6.45) is 3.21. The minimum atomic E-state index is -0.611. The van der Waals surface area contributed by atoms with Crippen LogP contribution in [-0.2, 0) is 9.59 Å². The molecule has 0 radical (unpaired) electrons. The van der Waals surface area contributed by atoms with Crippen LogP contribution in [0.15, 0.2) is 17.3 Å². The molecule has 0 rings (SSSR count). The molecular weight excluding hydrogens is 134 g/mol. The molecule has 10 heavy (non-hydrogen) atoms. The standard InChI is InChI=1S/C6H7NO3/c1-5(8)6(9)3-2-4-7-10/h2-4,10H,1H3/b3-2+,7-4+. The first kappa shape index (κ1) is 8.55. The summed E-state index contributed by atoms with van der Waals surface area (Å²) in [5.74, 6) is -1.15. The summed E-state index contributed by atoms with van der Waals surface area (Å²) in [7, 11) is 0. The Kier molecular flexibility index (Phi) is 3.79. The van der Waals surface area contributed by atoms with Gasteiger partial charge in [-0.1, -0.05) is 5.16 Å². The van der Waals surface area contributed by atoms with E-state index in [0.717, 1.165) is 12.3 Å². The molecule has 0 unspecified atom stereocenters. The van der Waals surface area contributed by atoms with Crippen molar-refractivity contribution in [3.63, 3.8) is 0 Å². The first-order chi connectivity index (χ1) is 4.68. The molecule has 0 atom stereocenters. The smallest absolute Gasteiger partial charge is 0.221 e. The molecular formula is C6H7NO3. The Balaban J connectivity index is 3.90. The number of Topliss-reactive ketones (excluding diaryl/α,β-unsaturated/α-hetero) is 1. The van der Waals surface area contributed by atoms with Crippen LogP contribution in [0.2, 0.25) is 0 Å². The van der Waals surface area contributed by atoms with Gasteiger partial charge in [0.1, 0.15) is 0 Å². The molecule has 4 heteroatoms. The number of rotatable bonds is 3. The van der Waals surface area contributed by atoms with E-state index < -0.39 is 11.6 Å². The number of hydrogen-bond donors (Lipinski definition) is 1. The van der Waals surface area contributed by atoms with Gasteiger partial charge >= 0.3 is 0 Å². The highest BCUT2D eigenvalue weighted by Gasteiger charge is 1.99. The number of carbonyl (C=O) groups excluding carboxylic acids is 2. The van der Waals surface area contributed by atoms with Crippen LogP contribution in [0.25, 0.3) is 0 Å². The van der Waals surface area contributed by atoms with Gasteiger partial charge in [0.05, 0.1) is 6.21 Å². The Labute approximate surface area is 57.8 Å². The first-order valence-corrected chi connectivity index (χ1v) is 2.57. The monoisotopic (exact) mass is 141 g/mol. The zero-order valence-corrected chi connectivity index (χ0v) is 5.44. The molecule has 0 spiro atoms. The zero-order chi connectivity index (χ0) is 7.98. The Morgan fingerprint density at radius 2 is 2.10 bits per heavy atom. The van der Waals surface area contributed by atoms with E-state index in [1.807, 2.05) is 0 Å². The van der Waals surface area contributed by atoms with Crippen LogP contribution in [0.4, 0.5) is 0 Å². The Hall–Kier alpha value is -1.45. The van der Waals surface area contributed by atoms with E-state index in [2.05, 4.69) is 5.16 Å². The number of ketones is 2. The minimum absolute atomic E-state index is 0.539. The van der Waals surface area contributed by atoms with E-state index in [0.29, 0.717) is 0 Å². The molecule has 54 valence electrons. The third-order valence-electron chi connectivity index (χ3n) is 0.747. The summed E-state index contributed by atoms with van der Waals surface area (Å²) < 4.78 is 0. The lowest BCUT2D eigenvalue weighted by atomic mass is 10.3. The Bertz CT molecular complexity index is 193. The van der Waals surface area contributed by atoms with E-state index in [1.54, 1.807) is 0 Å². The van der Waals surface area contributed by atoms with E-state index in [-0.39, 0.29) is 0 Å². The van der Waals surface area contributed by atoms with Crippen molar-refractivity contribution >= 4 is 17.8 Å². The summed E-state index contributed by atoms with van der Waals surface area (Å²) >= 11 is 0. The summed E-state index contributed by atoms with van der Waals surface area (Å²) in [5.41, 5.74) is 0. The molecule has 4 nitrogen and oxygen atoms in total. The quantitative estimate of drug-likeness (QED) is 0.200. The highest BCUT2D eigenvalue weighted by atomic mass is 16.4. The maximum absolute atomic E-state index is 10.4. The van der Waals surface area contributed by atoms with Crippen molar-refractivity contribution in [3.8, 4) is 0 Å². The lowest BCUT2D eigenvalue weighted by Gasteiger charge is -1.79. The molecule has 0 aromatic carbocycles. The van der Waals surface area contributed by atoms with Gasteiger partial charge in [0.25, 0.3) is 0 Å². The van der Waals surface area contributed by atoms with Gasteiger partial charge in [-0.2, -0.15) is 0 Å². The number of allylic oxidation sites excluding steroid dienone is 2. The minimum Gasteiger partial charge on any atom is -0.411 e. The van der Waals surface area contributed by atoms with Crippen LogP contribution in [0.3, 0.4) is 0 Å². The molecule has 0 amide bonds. The second kappa shape index (κ2) is 4.43. The fraction of sp³-hybridized carbons (Fsp3) is 0.167. The number of nitrogens with zero attached hydrogens (tertiary/aromatic N) is 1. The van der Waals surface area contributed by atoms with Crippen molar-refractivity contribution in [2.45, 2.75) is 6.92 Å². The molecule has 0 bridgehead atoms. The third-order valence-corrected chi connectivity index (χ3v) is 0.747. The van der Waals surface area contributed by atoms with Gasteiger partial charge in [0, 0.05) is 6.92 Å². The lowest BCUT2D eigenvalue weighted by molar-refractivity contribution is -0.132. The van der Waals surface area contributed by atoms with Gasteiger partial charge in [0.2, 0.25) is 5.78 Å². The predicted molar refractivity (Wildman–Crippen MR) is 35.1 cm³/mol. The summed E-state index contributed by atoms with van der Waals surface area (Å²) in [5, 5.41) is 10.4. The van der Waals surface area contributed by atoms with Gasteiger partial charge < -0.3 is 5.21 Å². The fourth-order valence-corrected chi connectivity index (χ4v) is 0.286. The average Bonchev–Trinajstić information content (AvgIpc) is 1.88. The molecule has 0 saturated heterocycles. The van der Waals surface area contributed by atoms with Crippen LogP contribution >= 0.6 is 0 Å². The van der Waals surface area contributed by atoms with Gasteiger partial charge in [-0.15, -0.1) is 0 Å². The Morgan fingerprint density at radius 3 is 2.50 bits per heavy atom. The molecule has 0 saturated carbocycles. The molecule has 0 aromatic rings. The first-order valence-electron chi connectivity index (χ1n) is 2.57. The molecule has 0 heterocycles. The second-order valence-corrected chi connectivity index (χ2v) is 1.54. The molecule has 0 aliphatic rings. The van der Waals surface area contributed by atoms with Crippen LogP contribution in [0.5, 0.6) is 0 Å². The van der Waals surface area contributed by atoms with E-state index >= 15 is 0 Å². The Morgan fingerprint density at radius 1 is 1.50 bits per heavy atom. The summed E-state index contributed by atoms with van der Waals surface area (Å²) in [6, 6.07) is 0. The van der Waals surface area contributed by atoms with Crippen LogP contribution < -0.4 is 0 Å². The van der Waals surface area contributed by atoms with Crippen LogP contribution in [0.1, 0.15) is 6.92 Å². The van der Waals surface area contributed by atoms with E-state index in [1.165, 1.54) is 13.0 Å². The lowest BCUT2D eigenvalue weighted by Crippen LogP contribution is -2.04. The normalized spacial score (nSPS) is 10.9. The van der Waals surface area contributed by atoms with Gasteiger partial charge in [-0.3, -0.25) is 9.59 Å². The van der Waals surface area contributed by atoms with Crippen molar-refractivity contribution < 1.29 is 14.8 Å². The van der Waals surface area contributed by atoms with Crippen molar-refractivity contribution in [3.05, 3.63) is 12.2 Å². The topological polar surface area (TPSA) is 66.7 Å². The molecule has 0 aromatic heterocycles. The van der Waals surface area contributed by atoms with Crippen LogP contribution in [-0.4, -0.2) is 23.0 Å². The maximum atomic E-state index is 10.4. The van der Waals surface area contributed by atoms with Crippen molar-refractivity contribution in [2.75, 3.05) is 0 Å². The van der Waals surface area contributed by atoms with E-state index in [4.69, 9.17) is 5.21 Å². The predicted octanol–water partition coefficient (Wildman–Crippen LogP) is 0.161. The average molecular weight is 141 g/mol. The SMILES string of the molecule is CC(=O)C(=O)/C=C/C=N/O. The van der Waals surface area contributed by atoms with Crippen molar-refractivity contribution in [2.24, 2.45) is 5.16 Å². The van der Waals surface area contributed by atoms with E-state index in [9.17, 15) is 9.59 Å².